The molecule has 0 saturated carbocycles. The summed E-state index contributed by atoms with van der Waals surface area (Å²) in [6, 6.07) is 6.17. The lowest BCUT2D eigenvalue weighted by Crippen LogP contribution is -2.43. The number of rotatable bonds is 3. The number of fused-ring (bicyclic) bond motifs is 1. The van der Waals surface area contributed by atoms with Crippen LogP contribution in [0.15, 0.2) is 18.2 Å². The standard InChI is InChI=1S/C19H27N3O2/c1-13-7-6-8-15-14(2)17(21(5)16(13)15)18(23)22-10-9-19(24,12-22)11-20(3)4/h6-8,24H,9-12H2,1-5H3/t19-/m0/s1. The molecule has 1 saturated heterocycles. The minimum Gasteiger partial charge on any atom is -0.387 e. The van der Waals surface area contributed by atoms with E-state index in [0.29, 0.717) is 26.1 Å². The summed E-state index contributed by atoms with van der Waals surface area (Å²) in [6.45, 7) is 5.65. The molecule has 1 N–H and O–H groups in total. The lowest BCUT2D eigenvalue weighted by Gasteiger charge is -2.26. The number of aryl methyl sites for hydroxylation is 3. The van der Waals surface area contributed by atoms with Gasteiger partial charge in [0.1, 0.15) is 5.69 Å². The van der Waals surface area contributed by atoms with E-state index in [-0.39, 0.29) is 5.91 Å². The number of likely N-dealkylation sites (tertiary alicyclic amines) is 1. The highest BCUT2D eigenvalue weighted by Gasteiger charge is 2.39. The number of para-hydroxylation sites is 1. The van der Waals surface area contributed by atoms with Gasteiger partial charge in [0.25, 0.3) is 5.91 Å². The van der Waals surface area contributed by atoms with Crippen molar-refractivity contribution in [3.8, 4) is 0 Å². The normalized spacial score (nSPS) is 21.2. The van der Waals surface area contributed by atoms with Crippen molar-refractivity contribution in [1.29, 1.82) is 0 Å². The molecule has 0 unspecified atom stereocenters. The van der Waals surface area contributed by atoms with Crippen molar-refractivity contribution in [2.24, 2.45) is 7.05 Å². The highest BCUT2D eigenvalue weighted by atomic mass is 16.3. The minimum atomic E-state index is -0.812. The summed E-state index contributed by atoms with van der Waals surface area (Å²) >= 11 is 0. The smallest absolute Gasteiger partial charge is 0.270 e. The summed E-state index contributed by atoms with van der Waals surface area (Å²) in [7, 11) is 5.84. The van der Waals surface area contributed by atoms with Gasteiger partial charge in [-0.2, -0.15) is 0 Å². The summed E-state index contributed by atoms with van der Waals surface area (Å²) in [6.07, 6.45) is 0.624. The van der Waals surface area contributed by atoms with Gasteiger partial charge in [0.15, 0.2) is 0 Å². The molecule has 0 aliphatic carbocycles. The first-order chi connectivity index (χ1) is 11.2. The highest BCUT2D eigenvalue weighted by Crippen LogP contribution is 2.30. The van der Waals surface area contributed by atoms with Crippen LogP contribution >= 0.6 is 0 Å². The van der Waals surface area contributed by atoms with E-state index in [1.54, 1.807) is 4.90 Å². The number of carbonyl (C=O) groups is 1. The molecule has 1 atom stereocenters. The molecule has 1 aliphatic rings. The maximum atomic E-state index is 13.1. The Kier molecular flexibility index (Phi) is 4.18. The quantitative estimate of drug-likeness (QED) is 0.936. The van der Waals surface area contributed by atoms with Gasteiger partial charge in [0.2, 0.25) is 0 Å². The summed E-state index contributed by atoms with van der Waals surface area (Å²) in [5, 5.41) is 11.8. The number of hydrogen-bond donors (Lipinski definition) is 1. The number of aromatic nitrogens is 1. The highest BCUT2D eigenvalue weighted by molar-refractivity contribution is 6.02. The van der Waals surface area contributed by atoms with Crippen LogP contribution < -0.4 is 0 Å². The molecule has 2 heterocycles. The summed E-state index contributed by atoms with van der Waals surface area (Å²) in [4.78, 5) is 16.9. The van der Waals surface area contributed by atoms with Crippen molar-refractivity contribution in [1.82, 2.24) is 14.4 Å². The van der Waals surface area contributed by atoms with Crippen LogP contribution in [-0.4, -0.2) is 64.7 Å². The largest absolute Gasteiger partial charge is 0.387 e. The van der Waals surface area contributed by atoms with Crippen LogP contribution in [0, 0.1) is 13.8 Å². The predicted octanol–water partition coefficient (Wildman–Crippen LogP) is 1.93. The Morgan fingerprint density at radius 3 is 2.67 bits per heavy atom. The van der Waals surface area contributed by atoms with Crippen LogP contribution in [0.25, 0.3) is 10.9 Å². The molecule has 5 heteroatoms. The lowest BCUT2D eigenvalue weighted by molar-refractivity contribution is 0.0234. The van der Waals surface area contributed by atoms with Gasteiger partial charge in [0, 0.05) is 25.5 Å². The molecule has 0 bridgehead atoms. The van der Waals surface area contributed by atoms with Crippen molar-refractivity contribution in [2.45, 2.75) is 25.9 Å². The molecule has 5 nitrogen and oxygen atoms in total. The fourth-order valence-corrected chi connectivity index (χ4v) is 4.10. The van der Waals surface area contributed by atoms with Crippen LogP contribution in [0.2, 0.25) is 0 Å². The second-order valence-corrected chi connectivity index (χ2v) is 7.44. The van der Waals surface area contributed by atoms with Gasteiger partial charge < -0.3 is 19.5 Å². The number of likely N-dealkylation sites (N-methyl/N-ethyl adjacent to an activating group) is 1. The zero-order valence-corrected chi connectivity index (χ0v) is 15.3. The van der Waals surface area contributed by atoms with Crippen molar-refractivity contribution < 1.29 is 9.90 Å². The van der Waals surface area contributed by atoms with Gasteiger partial charge >= 0.3 is 0 Å². The minimum absolute atomic E-state index is 0.0141. The Labute approximate surface area is 143 Å². The fourth-order valence-electron chi connectivity index (χ4n) is 4.10. The Morgan fingerprint density at radius 2 is 2.04 bits per heavy atom. The Morgan fingerprint density at radius 1 is 1.33 bits per heavy atom. The van der Waals surface area contributed by atoms with Crippen LogP contribution in [0.5, 0.6) is 0 Å². The van der Waals surface area contributed by atoms with Gasteiger partial charge in [-0.3, -0.25) is 4.79 Å². The number of β-amino-alcohol motifs (C(OH)–C–C–N with tert-alkyl or cyclic N) is 1. The Balaban J connectivity index is 1.95. The second kappa shape index (κ2) is 5.90. The molecule has 2 aromatic rings. The third-order valence-corrected chi connectivity index (χ3v) is 5.10. The molecule has 0 spiro atoms. The third kappa shape index (κ3) is 2.72. The topological polar surface area (TPSA) is 48.7 Å². The predicted molar refractivity (Wildman–Crippen MR) is 96.4 cm³/mol. The van der Waals surface area contributed by atoms with Crippen molar-refractivity contribution >= 4 is 16.8 Å². The molecular formula is C19H27N3O2. The molecular weight excluding hydrogens is 302 g/mol. The van der Waals surface area contributed by atoms with E-state index in [1.807, 2.05) is 43.6 Å². The van der Waals surface area contributed by atoms with Crippen molar-refractivity contribution in [3.63, 3.8) is 0 Å². The monoisotopic (exact) mass is 329 g/mol. The number of hydrogen-bond acceptors (Lipinski definition) is 3. The Bertz CT molecular complexity index is 793. The number of benzene rings is 1. The van der Waals surface area contributed by atoms with E-state index in [4.69, 9.17) is 0 Å². The molecule has 1 aliphatic heterocycles. The fraction of sp³-hybridized carbons (Fsp3) is 0.526. The second-order valence-electron chi connectivity index (χ2n) is 7.44. The van der Waals surface area contributed by atoms with E-state index in [0.717, 1.165) is 22.2 Å². The summed E-state index contributed by atoms with van der Waals surface area (Å²) < 4.78 is 2.01. The number of aliphatic hydroxyl groups is 1. The first-order valence-electron chi connectivity index (χ1n) is 8.44. The van der Waals surface area contributed by atoms with Gasteiger partial charge in [-0.15, -0.1) is 0 Å². The van der Waals surface area contributed by atoms with Crippen LogP contribution in [0.1, 0.15) is 28.0 Å². The SMILES string of the molecule is Cc1c(C(=O)N2CC[C@](O)(CN(C)C)C2)n(C)c2c(C)cccc12. The van der Waals surface area contributed by atoms with E-state index >= 15 is 0 Å². The Hall–Kier alpha value is -1.85. The van der Waals surface area contributed by atoms with Crippen LogP contribution in [-0.2, 0) is 7.05 Å². The first kappa shape index (κ1) is 17.0. The van der Waals surface area contributed by atoms with Crippen LogP contribution in [0.3, 0.4) is 0 Å². The average Bonchev–Trinajstić information content (AvgIpc) is 2.98. The maximum absolute atomic E-state index is 13.1. The van der Waals surface area contributed by atoms with E-state index in [1.165, 1.54) is 5.56 Å². The van der Waals surface area contributed by atoms with Crippen LogP contribution in [0.4, 0.5) is 0 Å². The third-order valence-electron chi connectivity index (χ3n) is 5.10. The molecule has 24 heavy (non-hydrogen) atoms. The lowest BCUT2D eigenvalue weighted by atomic mass is 10.0. The number of amides is 1. The van der Waals surface area contributed by atoms with E-state index in [9.17, 15) is 9.90 Å². The van der Waals surface area contributed by atoms with Crippen molar-refractivity contribution in [3.05, 3.63) is 35.0 Å². The van der Waals surface area contributed by atoms with E-state index in [2.05, 4.69) is 19.1 Å². The zero-order chi connectivity index (χ0) is 17.6. The summed E-state index contributed by atoms with van der Waals surface area (Å²) in [5.41, 5.74) is 3.22. The average molecular weight is 329 g/mol. The molecule has 0 radical (unpaired) electrons. The van der Waals surface area contributed by atoms with Gasteiger partial charge in [0.05, 0.1) is 17.7 Å². The maximum Gasteiger partial charge on any atom is 0.270 e. The first-order valence-corrected chi connectivity index (χ1v) is 8.44. The van der Waals surface area contributed by atoms with Gasteiger partial charge in [-0.1, -0.05) is 18.2 Å². The molecule has 3 rings (SSSR count). The van der Waals surface area contributed by atoms with E-state index < -0.39 is 5.60 Å². The van der Waals surface area contributed by atoms with Crippen molar-refractivity contribution in [2.75, 3.05) is 33.7 Å². The number of nitrogens with zero attached hydrogens (tertiary/aromatic N) is 3. The van der Waals surface area contributed by atoms with Gasteiger partial charge in [-0.25, -0.2) is 0 Å². The molecule has 1 amide bonds. The molecule has 1 aromatic heterocycles. The molecule has 130 valence electrons. The molecule has 1 aromatic carbocycles. The zero-order valence-electron chi connectivity index (χ0n) is 15.3. The number of carbonyl (C=O) groups excluding carboxylic acids is 1. The summed E-state index contributed by atoms with van der Waals surface area (Å²) in [5.74, 6) is 0.0141. The van der Waals surface area contributed by atoms with Gasteiger partial charge in [-0.05, 0) is 45.5 Å². The molecule has 1 fully saturated rings.